The summed E-state index contributed by atoms with van der Waals surface area (Å²) < 4.78 is 0. The highest BCUT2D eigenvalue weighted by molar-refractivity contribution is 5.85. The lowest BCUT2D eigenvalue weighted by Gasteiger charge is -2.05. The van der Waals surface area contributed by atoms with Gasteiger partial charge in [-0.1, -0.05) is 6.07 Å². The second-order valence-electron chi connectivity index (χ2n) is 3.15. The minimum absolute atomic E-state index is 0. The molecule has 0 spiro atoms. The van der Waals surface area contributed by atoms with Crippen LogP contribution in [0.15, 0.2) is 18.2 Å². The first-order valence-electron chi connectivity index (χ1n) is 4.02. The average Bonchev–Trinajstić information content (AvgIpc) is 2.03. The van der Waals surface area contributed by atoms with E-state index in [-0.39, 0.29) is 24.1 Å². The molecule has 0 radical (unpaired) electrons. The first kappa shape index (κ1) is 12.9. The molecular formula is C9H13ClN2O2. The molecule has 0 saturated heterocycles. The van der Waals surface area contributed by atoms with Crippen LogP contribution in [0.3, 0.4) is 0 Å². The zero-order valence-corrected chi connectivity index (χ0v) is 8.88. The second kappa shape index (κ2) is 4.93. The van der Waals surface area contributed by atoms with Crippen molar-refractivity contribution in [2.24, 2.45) is 5.73 Å². The van der Waals surface area contributed by atoms with Crippen LogP contribution in [0.1, 0.15) is 24.1 Å². The van der Waals surface area contributed by atoms with E-state index in [0.29, 0.717) is 0 Å². The Morgan fingerprint density at radius 3 is 2.43 bits per heavy atom. The van der Waals surface area contributed by atoms with Crippen LogP contribution in [0, 0.1) is 17.0 Å². The lowest BCUT2D eigenvalue weighted by Crippen LogP contribution is -2.05. The van der Waals surface area contributed by atoms with E-state index in [9.17, 15) is 10.1 Å². The lowest BCUT2D eigenvalue weighted by atomic mass is 10.1. The number of nitro groups is 1. The Hall–Kier alpha value is -1.13. The fourth-order valence-electron chi connectivity index (χ4n) is 1.16. The summed E-state index contributed by atoms with van der Waals surface area (Å²) in [4.78, 5) is 10.1. The molecule has 1 rings (SSSR count). The number of nitrogens with two attached hydrogens (primary N) is 1. The average molecular weight is 217 g/mol. The van der Waals surface area contributed by atoms with Gasteiger partial charge in [0.1, 0.15) is 0 Å². The van der Waals surface area contributed by atoms with E-state index in [2.05, 4.69) is 0 Å². The van der Waals surface area contributed by atoms with Gasteiger partial charge in [0.25, 0.3) is 5.69 Å². The van der Waals surface area contributed by atoms with Gasteiger partial charge in [-0.05, 0) is 25.0 Å². The SMILES string of the molecule is Cc1cc([C@@H](C)N)cc([N+](=O)[O-])c1.Cl. The van der Waals surface area contributed by atoms with Crippen LogP contribution < -0.4 is 5.73 Å². The van der Waals surface area contributed by atoms with E-state index in [1.165, 1.54) is 12.1 Å². The molecule has 0 aliphatic rings. The highest BCUT2D eigenvalue weighted by Crippen LogP contribution is 2.20. The van der Waals surface area contributed by atoms with Gasteiger partial charge in [-0.25, -0.2) is 0 Å². The molecule has 0 aromatic heterocycles. The predicted molar refractivity (Wildman–Crippen MR) is 57.7 cm³/mol. The largest absolute Gasteiger partial charge is 0.324 e. The molecule has 1 aromatic carbocycles. The minimum Gasteiger partial charge on any atom is -0.324 e. The first-order chi connectivity index (χ1) is 6.00. The normalized spacial score (nSPS) is 11.6. The molecule has 0 heterocycles. The minimum atomic E-state index is -0.404. The van der Waals surface area contributed by atoms with E-state index in [4.69, 9.17) is 5.73 Å². The van der Waals surface area contributed by atoms with Crippen molar-refractivity contribution in [3.8, 4) is 0 Å². The van der Waals surface area contributed by atoms with Crippen molar-refractivity contribution in [2.75, 3.05) is 0 Å². The van der Waals surface area contributed by atoms with Crippen LogP contribution >= 0.6 is 12.4 Å². The molecule has 78 valence electrons. The Morgan fingerprint density at radius 2 is 2.00 bits per heavy atom. The van der Waals surface area contributed by atoms with Gasteiger partial charge in [0.2, 0.25) is 0 Å². The van der Waals surface area contributed by atoms with Gasteiger partial charge in [-0.2, -0.15) is 0 Å². The third kappa shape index (κ3) is 2.97. The van der Waals surface area contributed by atoms with Crippen LogP contribution in [0.4, 0.5) is 5.69 Å². The van der Waals surface area contributed by atoms with Crippen LogP contribution in [0.25, 0.3) is 0 Å². The number of nitro benzene ring substituents is 1. The number of aryl methyl sites for hydroxylation is 1. The maximum Gasteiger partial charge on any atom is 0.270 e. The van der Waals surface area contributed by atoms with Crippen LogP contribution in [-0.4, -0.2) is 4.92 Å². The van der Waals surface area contributed by atoms with Gasteiger partial charge in [-0.3, -0.25) is 10.1 Å². The van der Waals surface area contributed by atoms with E-state index >= 15 is 0 Å². The van der Waals surface area contributed by atoms with Crippen LogP contribution in [-0.2, 0) is 0 Å². The lowest BCUT2D eigenvalue weighted by molar-refractivity contribution is -0.385. The standard InChI is InChI=1S/C9H12N2O2.ClH/c1-6-3-8(7(2)10)5-9(4-6)11(12)13;/h3-5,7H,10H2,1-2H3;1H/t7-;/m1./s1. The highest BCUT2D eigenvalue weighted by Gasteiger charge is 2.09. The predicted octanol–water partition coefficient (Wildman–Crippen LogP) is 2.34. The smallest absolute Gasteiger partial charge is 0.270 e. The number of benzene rings is 1. The quantitative estimate of drug-likeness (QED) is 0.610. The van der Waals surface area contributed by atoms with Gasteiger partial charge >= 0.3 is 0 Å². The third-order valence-electron chi connectivity index (χ3n) is 1.82. The van der Waals surface area contributed by atoms with Gasteiger partial charge < -0.3 is 5.73 Å². The molecule has 0 aliphatic carbocycles. The summed E-state index contributed by atoms with van der Waals surface area (Å²) in [5, 5.41) is 10.5. The molecule has 0 saturated carbocycles. The number of nitrogens with zero attached hydrogens (tertiary/aromatic N) is 1. The summed E-state index contributed by atoms with van der Waals surface area (Å²) in [7, 11) is 0. The molecule has 4 nitrogen and oxygen atoms in total. The van der Waals surface area contributed by atoms with Gasteiger partial charge in [-0.15, -0.1) is 12.4 Å². The fourth-order valence-corrected chi connectivity index (χ4v) is 1.16. The number of hydrogen-bond acceptors (Lipinski definition) is 3. The van der Waals surface area contributed by atoms with Gasteiger partial charge in [0, 0.05) is 18.2 Å². The summed E-state index contributed by atoms with van der Waals surface area (Å²) in [6, 6.07) is 4.74. The Bertz CT molecular complexity index is 340. The molecule has 0 aliphatic heterocycles. The summed E-state index contributed by atoms with van der Waals surface area (Å²) in [6.45, 7) is 3.62. The molecule has 0 fully saturated rings. The summed E-state index contributed by atoms with van der Waals surface area (Å²) in [6.07, 6.45) is 0. The first-order valence-corrected chi connectivity index (χ1v) is 4.02. The van der Waals surface area contributed by atoms with Crippen molar-refractivity contribution >= 4 is 18.1 Å². The molecule has 0 amide bonds. The van der Waals surface area contributed by atoms with E-state index in [0.717, 1.165) is 11.1 Å². The fraction of sp³-hybridized carbons (Fsp3) is 0.333. The Labute approximate surface area is 88.7 Å². The number of rotatable bonds is 2. The third-order valence-corrected chi connectivity index (χ3v) is 1.82. The van der Waals surface area contributed by atoms with Crippen molar-refractivity contribution in [3.05, 3.63) is 39.4 Å². The molecule has 14 heavy (non-hydrogen) atoms. The van der Waals surface area contributed by atoms with Crippen molar-refractivity contribution < 1.29 is 4.92 Å². The van der Waals surface area contributed by atoms with Crippen molar-refractivity contribution in [3.63, 3.8) is 0 Å². The maximum atomic E-state index is 10.5. The molecule has 5 heteroatoms. The van der Waals surface area contributed by atoms with Crippen molar-refractivity contribution in [2.45, 2.75) is 19.9 Å². The second-order valence-corrected chi connectivity index (χ2v) is 3.15. The Balaban J connectivity index is 0.00000169. The topological polar surface area (TPSA) is 69.2 Å². The van der Waals surface area contributed by atoms with Gasteiger partial charge in [0.15, 0.2) is 0 Å². The Kier molecular flexibility index (Phi) is 4.53. The maximum absolute atomic E-state index is 10.5. The van der Waals surface area contributed by atoms with E-state index < -0.39 is 4.92 Å². The monoisotopic (exact) mass is 216 g/mol. The van der Waals surface area contributed by atoms with Crippen LogP contribution in [0.2, 0.25) is 0 Å². The number of hydrogen-bond donors (Lipinski definition) is 1. The molecular weight excluding hydrogens is 204 g/mol. The van der Waals surface area contributed by atoms with Gasteiger partial charge in [0.05, 0.1) is 4.92 Å². The summed E-state index contributed by atoms with van der Waals surface area (Å²) in [5.41, 5.74) is 7.39. The molecule has 1 atom stereocenters. The zero-order valence-electron chi connectivity index (χ0n) is 8.06. The Morgan fingerprint density at radius 1 is 1.43 bits per heavy atom. The zero-order chi connectivity index (χ0) is 10.0. The number of non-ortho nitro benzene ring substituents is 1. The van der Waals surface area contributed by atoms with E-state index in [1.54, 1.807) is 6.92 Å². The van der Waals surface area contributed by atoms with Crippen LogP contribution in [0.5, 0.6) is 0 Å². The molecule has 0 bridgehead atoms. The summed E-state index contributed by atoms with van der Waals surface area (Å²) >= 11 is 0. The highest BCUT2D eigenvalue weighted by atomic mass is 35.5. The molecule has 0 unspecified atom stereocenters. The molecule has 2 N–H and O–H groups in total. The van der Waals surface area contributed by atoms with E-state index in [1.807, 2.05) is 13.0 Å². The molecule has 1 aromatic rings. The number of halogens is 1. The van der Waals surface area contributed by atoms with Crippen molar-refractivity contribution in [1.29, 1.82) is 0 Å². The summed E-state index contributed by atoms with van der Waals surface area (Å²) in [5.74, 6) is 0. The van der Waals surface area contributed by atoms with Crippen molar-refractivity contribution in [1.82, 2.24) is 0 Å².